The Labute approximate surface area is 137 Å². The number of aromatic nitrogens is 1. The van der Waals surface area contributed by atoms with E-state index in [1.165, 1.54) is 6.07 Å². The van der Waals surface area contributed by atoms with Crippen LogP contribution in [0.4, 0.5) is 0 Å². The lowest BCUT2D eigenvalue weighted by atomic mass is 10.3. The second-order valence-electron chi connectivity index (χ2n) is 4.93. The molecular weight excluding hydrogens is 312 g/mol. The smallest absolute Gasteiger partial charge is 0.257 e. The number of fused-ring (bicyclic) bond motifs is 1. The molecule has 2 aromatic carbocycles. The Balaban J connectivity index is 1.45. The average molecular weight is 328 g/mol. The number of thiazole rings is 1. The standard InChI is InChI=1S/C17H16N2O3S/c20-13-6-2-3-7-14(13)22-11-16(21)18-10-9-17-19-12-5-1-4-8-15(12)23-17/h1-8,20H,9-11H2,(H,18,21). The van der Waals surface area contributed by atoms with Crippen LogP contribution in [-0.4, -0.2) is 29.1 Å². The summed E-state index contributed by atoms with van der Waals surface area (Å²) in [5, 5.41) is 13.3. The molecule has 1 amide bonds. The maximum Gasteiger partial charge on any atom is 0.257 e. The number of hydrogen-bond acceptors (Lipinski definition) is 5. The van der Waals surface area contributed by atoms with Gasteiger partial charge in [-0.15, -0.1) is 11.3 Å². The molecule has 6 heteroatoms. The van der Waals surface area contributed by atoms with Crippen molar-refractivity contribution in [1.82, 2.24) is 10.3 Å². The number of carbonyl (C=O) groups is 1. The Morgan fingerprint density at radius 3 is 2.78 bits per heavy atom. The highest BCUT2D eigenvalue weighted by Gasteiger charge is 2.07. The first-order valence-electron chi connectivity index (χ1n) is 7.24. The fourth-order valence-corrected chi connectivity index (χ4v) is 3.08. The van der Waals surface area contributed by atoms with Gasteiger partial charge in [-0.25, -0.2) is 4.98 Å². The van der Waals surface area contributed by atoms with Crippen LogP contribution in [0.5, 0.6) is 11.5 Å². The van der Waals surface area contributed by atoms with Gasteiger partial charge in [0.2, 0.25) is 0 Å². The van der Waals surface area contributed by atoms with Gasteiger partial charge in [0.15, 0.2) is 18.1 Å². The van der Waals surface area contributed by atoms with Gasteiger partial charge < -0.3 is 15.2 Å². The van der Waals surface area contributed by atoms with E-state index in [0.29, 0.717) is 18.7 Å². The van der Waals surface area contributed by atoms with Crippen LogP contribution in [0.2, 0.25) is 0 Å². The zero-order valence-corrected chi connectivity index (χ0v) is 13.2. The number of amides is 1. The number of hydrogen-bond donors (Lipinski definition) is 2. The first kappa shape index (κ1) is 15.3. The molecule has 0 aliphatic heterocycles. The predicted molar refractivity (Wildman–Crippen MR) is 89.9 cm³/mol. The zero-order valence-electron chi connectivity index (χ0n) is 12.4. The fourth-order valence-electron chi connectivity index (χ4n) is 2.11. The number of nitrogens with zero attached hydrogens (tertiary/aromatic N) is 1. The first-order valence-corrected chi connectivity index (χ1v) is 8.06. The summed E-state index contributed by atoms with van der Waals surface area (Å²) >= 11 is 1.63. The molecule has 0 aliphatic rings. The Bertz CT molecular complexity index is 783. The van der Waals surface area contributed by atoms with Crippen LogP contribution in [0.1, 0.15) is 5.01 Å². The summed E-state index contributed by atoms with van der Waals surface area (Å²) in [6, 6.07) is 14.5. The molecule has 118 valence electrons. The van der Waals surface area contributed by atoms with Gasteiger partial charge >= 0.3 is 0 Å². The van der Waals surface area contributed by atoms with Crippen LogP contribution in [-0.2, 0) is 11.2 Å². The number of benzene rings is 2. The van der Waals surface area contributed by atoms with Gasteiger partial charge in [0.05, 0.1) is 15.2 Å². The van der Waals surface area contributed by atoms with Gasteiger partial charge in [-0.3, -0.25) is 4.79 Å². The number of phenols is 1. The van der Waals surface area contributed by atoms with Gasteiger partial charge in [-0.05, 0) is 24.3 Å². The van der Waals surface area contributed by atoms with Crippen LogP contribution in [0, 0.1) is 0 Å². The molecule has 0 saturated heterocycles. The molecule has 0 bridgehead atoms. The molecule has 0 aliphatic carbocycles. The molecule has 3 aromatic rings. The summed E-state index contributed by atoms with van der Waals surface area (Å²) in [7, 11) is 0. The van der Waals surface area contributed by atoms with Crippen molar-refractivity contribution < 1.29 is 14.6 Å². The van der Waals surface area contributed by atoms with Crippen molar-refractivity contribution in [3.8, 4) is 11.5 Å². The lowest BCUT2D eigenvalue weighted by Gasteiger charge is -2.08. The molecule has 0 atom stereocenters. The maximum absolute atomic E-state index is 11.8. The van der Waals surface area contributed by atoms with Crippen LogP contribution in [0.15, 0.2) is 48.5 Å². The summed E-state index contributed by atoms with van der Waals surface area (Å²) in [5.41, 5.74) is 0.988. The number of nitrogens with one attached hydrogen (secondary N) is 1. The molecule has 0 unspecified atom stereocenters. The maximum atomic E-state index is 11.8. The third-order valence-corrected chi connectivity index (χ3v) is 4.32. The van der Waals surface area contributed by atoms with Gasteiger partial charge in [0.1, 0.15) is 0 Å². The number of ether oxygens (including phenoxy) is 1. The first-order chi connectivity index (χ1) is 11.2. The van der Waals surface area contributed by atoms with Crippen LogP contribution in [0.25, 0.3) is 10.2 Å². The van der Waals surface area contributed by atoms with Crippen molar-refractivity contribution in [2.75, 3.05) is 13.2 Å². The summed E-state index contributed by atoms with van der Waals surface area (Å²) in [4.78, 5) is 16.3. The monoisotopic (exact) mass is 328 g/mol. The average Bonchev–Trinajstić information content (AvgIpc) is 2.97. The highest BCUT2D eigenvalue weighted by Crippen LogP contribution is 2.24. The Hall–Kier alpha value is -2.60. The SMILES string of the molecule is O=C(COc1ccccc1O)NCCc1nc2ccccc2s1. The van der Waals surface area contributed by atoms with Crippen molar-refractivity contribution in [3.05, 3.63) is 53.5 Å². The van der Waals surface area contributed by atoms with Crippen LogP contribution in [0.3, 0.4) is 0 Å². The molecule has 0 saturated carbocycles. The number of aromatic hydroxyl groups is 1. The van der Waals surface area contributed by atoms with E-state index in [4.69, 9.17) is 4.74 Å². The Morgan fingerprint density at radius 1 is 1.17 bits per heavy atom. The van der Waals surface area contributed by atoms with E-state index in [0.717, 1.165) is 15.2 Å². The van der Waals surface area contributed by atoms with Crippen molar-refractivity contribution in [2.24, 2.45) is 0 Å². The normalized spacial score (nSPS) is 10.6. The number of phenolic OH excluding ortho intramolecular Hbond substituents is 1. The lowest BCUT2D eigenvalue weighted by Crippen LogP contribution is -2.30. The van der Waals surface area contributed by atoms with Crippen molar-refractivity contribution in [1.29, 1.82) is 0 Å². The molecule has 0 fully saturated rings. The molecule has 23 heavy (non-hydrogen) atoms. The molecule has 5 nitrogen and oxygen atoms in total. The number of para-hydroxylation sites is 3. The van der Waals surface area contributed by atoms with E-state index in [-0.39, 0.29) is 18.3 Å². The predicted octanol–water partition coefficient (Wildman–Crippen LogP) is 2.74. The lowest BCUT2D eigenvalue weighted by molar-refractivity contribution is -0.123. The highest BCUT2D eigenvalue weighted by molar-refractivity contribution is 7.18. The quantitative estimate of drug-likeness (QED) is 0.730. The molecule has 0 spiro atoms. The van der Waals surface area contributed by atoms with Crippen molar-refractivity contribution in [3.63, 3.8) is 0 Å². The van der Waals surface area contributed by atoms with E-state index in [1.54, 1.807) is 29.5 Å². The largest absolute Gasteiger partial charge is 0.504 e. The molecule has 3 rings (SSSR count). The number of rotatable bonds is 6. The van der Waals surface area contributed by atoms with E-state index >= 15 is 0 Å². The van der Waals surface area contributed by atoms with Crippen molar-refractivity contribution in [2.45, 2.75) is 6.42 Å². The summed E-state index contributed by atoms with van der Waals surface area (Å²) in [6.45, 7) is 0.375. The van der Waals surface area contributed by atoms with E-state index in [1.807, 2.05) is 24.3 Å². The minimum absolute atomic E-state index is 0.0229. The summed E-state index contributed by atoms with van der Waals surface area (Å²) < 4.78 is 6.42. The third-order valence-electron chi connectivity index (χ3n) is 3.22. The summed E-state index contributed by atoms with van der Waals surface area (Å²) in [6.07, 6.45) is 0.682. The van der Waals surface area contributed by atoms with Gasteiger partial charge in [-0.2, -0.15) is 0 Å². The molecule has 0 radical (unpaired) electrons. The topological polar surface area (TPSA) is 71.5 Å². The van der Waals surface area contributed by atoms with Crippen LogP contribution >= 0.6 is 11.3 Å². The summed E-state index contributed by atoms with van der Waals surface area (Å²) in [5.74, 6) is 0.0953. The number of carbonyl (C=O) groups excluding carboxylic acids is 1. The molecule has 1 aromatic heterocycles. The highest BCUT2D eigenvalue weighted by atomic mass is 32.1. The zero-order chi connectivity index (χ0) is 16.1. The van der Waals surface area contributed by atoms with Gasteiger partial charge in [0, 0.05) is 13.0 Å². The van der Waals surface area contributed by atoms with Crippen LogP contribution < -0.4 is 10.1 Å². The fraction of sp³-hybridized carbons (Fsp3) is 0.176. The second-order valence-corrected chi connectivity index (χ2v) is 6.05. The third kappa shape index (κ3) is 3.98. The van der Waals surface area contributed by atoms with E-state index < -0.39 is 0 Å². The van der Waals surface area contributed by atoms with Crippen molar-refractivity contribution >= 4 is 27.5 Å². The minimum atomic E-state index is -0.227. The molecular formula is C17H16N2O3S. The Morgan fingerprint density at radius 2 is 1.96 bits per heavy atom. The van der Waals surface area contributed by atoms with Gasteiger partial charge in [0.25, 0.3) is 5.91 Å². The van der Waals surface area contributed by atoms with E-state index in [9.17, 15) is 9.90 Å². The Kier molecular flexibility index (Phi) is 4.73. The minimum Gasteiger partial charge on any atom is -0.504 e. The van der Waals surface area contributed by atoms with E-state index in [2.05, 4.69) is 10.3 Å². The second kappa shape index (κ2) is 7.11. The molecule has 1 heterocycles. The molecule has 2 N–H and O–H groups in total. The van der Waals surface area contributed by atoms with Gasteiger partial charge in [-0.1, -0.05) is 24.3 Å².